The molecule has 0 radical (unpaired) electrons. The van der Waals surface area contributed by atoms with E-state index >= 15 is 0 Å². The van der Waals surface area contributed by atoms with E-state index in [1.165, 1.54) is 44.6 Å². The van der Waals surface area contributed by atoms with Crippen molar-refractivity contribution in [2.75, 3.05) is 97.7 Å². The fourth-order valence-corrected chi connectivity index (χ4v) is 7.66. The van der Waals surface area contributed by atoms with Crippen LogP contribution in [0.2, 0.25) is 38.3 Å². The second kappa shape index (κ2) is 68.9. The van der Waals surface area contributed by atoms with Crippen molar-refractivity contribution in [3.63, 3.8) is 0 Å². The van der Waals surface area contributed by atoms with E-state index in [4.69, 9.17) is 4.98 Å². The Morgan fingerprint density at radius 3 is 1.32 bits per heavy atom. The van der Waals surface area contributed by atoms with Crippen molar-refractivity contribution < 1.29 is 53.1 Å². The van der Waals surface area contributed by atoms with Gasteiger partial charge in [0.25, 0.3) is 0 Å². The molecular formula is C35H84Hf2N8Si2. The SMILES string of the molecule is CC#CC#CC[Si](C)(C)NCCC.CCC[N-][Si](C)(C)CC1CCCC1.C[N-]C.C[N-]C.C[N-]C.C[N-]C.C[N-]C.C[N-]C.[CH3-].[HH].[Hf+4].[Hf+4]. The molecule has 0 aromatic rings. The summed E-state index contributed by atoms with van der Waals surface area (Å²) in [5.74, 6) is 12.5. The molecule has 0 atom stereocenters. The third-order valence-corrected chi connectivity index (χ3v) is 9.61. The van der Waals surface area contributed by atoms with Crippen molar-refractivity contribution >= 4 is 16.5 Å². The molecule has 8 nitrogen and oxygen atoms in total. The summed E-state index contributed by atoms with van der Waals surface area (Å²) < 4.78 is 0. The summed E-state index contributed by atoms with van der Waals surface area (Å²) in [6, 6.07) is 2.44. The molecule has 0 amide bonds. The van der Waals surface area contributed by atoms with Crippen molar-refractivity contribution in [2.24, 2.45) is 5.92 Å². The van der Waals surface area contributed by atoms with Gasteiger partial charge >= 0.3 is 51.7 Å². The second-order valence-electron chi connectivity index (χ2n) is 11.4. The summed E-state index contributed by atoms with van der Waals surface area (Å²) in [4.78, 5) is 8.45. The van der Waals surface area contributed by atoms with Gasteiger partial charge in [0.15, 0.2) is 0 Å². The Kier molecular flexibility index (Phi) is 108. The quantitative estimate of drug-likeness (QED) is 0.138. The molecule has 12 heteroatoms. The molecule has 1 saturated carbocycles. The first-order valence-corrected chi connectivity index (χ1v) is 22.3. The first-order chi connectivity index (χ1) is 20.7. The standard InChI is InChI=1S/C11H24NSi.C11H19NSi.6C2H6N.CH3.2Hf.H2/c1-4-9-12-13(2,3)10-11-7-5-6-8-11;1-5-7-8-9-11-13(3,4)12-10-6-2;6*1-3-2;;;;/h11H,4-10H2,1-3H3;12H,6,10-11H2,1-4H3;6*1-2H3;1H3;;;1H/q-1;;7*-1;2*+4;. The Morgan fingerprint density at radius 2 is 1.02 bits per heavy atom. The molecular weight excluding hydrogens is 946 g/mol. The smallest absolute Gasteiger partial charge is 0.668 e. The molecule has 47 heavy (non-hydrogen) atoms. The van der Waals surface area contributed by atoms with E-state index in [0.29, 0.717) is 0 Å². The zero-order valence-corrected chi connectivity index (χ0v) is 44.5. The molecule has 0 heterocycles. The van der Waals surface area contributed by atoms with Crippen LogP contribution >= 0.6 is 0 Å². The third-order valence-electron chi connectivity index (χ3n) is 4.69. The Labute approximate surface area is 341 Å². The van der Waals surface area contributed by atoms with Gasteiger partial charge in [0.2, 0.25) is 0 Å². The number of nitrogens with zero attached hydrogens (tertiary/aromatic N) is 7. The average Bonchev–Trinajstić information content (AvgIpc) is 3.44. The minimum Gasteiger partial charge on any atom is -0.668 e. The Bertz CT molecular complexity index is 581. The van der Waals surface area contributed by atoms with Gasteiger partial charge in [-0.05, 0) is 37.6 Å². The van der Waals surface area contributed by atoms with Gasteiger partial charge < -0.3 is 49.3 Å². The van der Waals surface area contributed by atoms with E-state index in [2.05, 4.69) is 101 Å². The molecule has 1 aliphatic carbocycles. The maximum atomic E-state index is 4.88. The van der Waals surface area contributed by atoms with Gasteiger partial charge in [0, 0.05) is 7.47 Å². The van der Waals surface area contributed by atoms with Gasteiger partial charge in [-0.25, -0.2) is 0 Å². The predicted octanol–water partition coefficient (Wildman–Crippen LogP) is 10.8. The maximum Gasteiger partial charge on any atom is 4.00 e. The van der Waals surface area contributed by atoms with Gasteiger partial charge in [-0.1, -0.05) is 98.3 Å². The van der Waals surface area contributed by atoms with Gasteiger partial charge in [-0.15, -0.1) is 0 Å². The van der Waals surface area contributed by atoms with Crippen LogP contribution in [0.5, 0.6) is 0 Å². The van der Waals surface area contributed by atoms with Gasteiger partial charge in [-0.3, -0.25) is 0 Å². The molecule has 0 aromatic carbocycles. The molecule has 0 aromatic heterocycles. The summed E-state index contributed by atoms with van der Waals surface area (Å²) in [7, 11) is 18.6. The molecule has 1 rings (SSSR count). The van der Waals surface area contributed by atoms with Crippen LogP contribution in [-0.4, -0.2) is 114 Å². The molecule has 280 valence electrons. The molecule has 1 aliphatic rings. The first-order valence-electron chi connectivity index (χ1n) is 16.0. The molecule has 0 unspecified atom stereocenters. The Hall–Kier alpha value is 0.974. The van der Waals surface area contributed by atoms with Crippen LogP contribution in [0.15, 0.2) is 0 Å². The number of rotatable bonds is 9. The van der Waals surface area contributed by atoms with E-state index in [1.54, 1.807) is 84.6 Å². The summed E-state index contributed by atoms with van der Waals surface area (Å²) in [6.45, 7) is 17.9. The predicted molar refractivity (Wildman–Crippen MR) is 224 cm³/mol. The average molecular weight is 1030 g/mol. The van der Waals surface area contributed by atoms with Crippen molar-refractivity contribution in [3.8, 4) is 23.7 Å². The summed E-state index contributed by atoms with van der Waals surface area (Å²) in [5.41, 5.74) is 0. The van der Waals surface area contributed by atoms with E-state index in [9.17, 15) is 0 Å². The molecule has 0 saturated heterocycles. The van der Waals surface area contributed by atoms with Crippen molar-refractivity contribution in [1.82, 2.24) is 4.98 Å². The normalized spacial score (nSPS) is 10.4. The molecule has 0 bridgehead atoms. The summed E-state index contributed by atoms with van der Waals surface area (Å²) >= 11 is 0. The number of hydrogen-bond donors (Lipinski definition) is 1. The van der Waals surface area contributed by atoms with Crippen molar-refractivity contribution in [1.29, 1.82) is 0 Å². The van der Waals surface area contributed by atoms with Gasteiger partial charge in [0.05, 0.1) is 0 Å². The van der Waals surface area contributed by atoms with E-state index in [0.717, 1.165) is 25.1 Å². The number of hydrogen-bond acceptors (Lipinski definition) is 1. The first kappa shape index (κ1) is 73.4. The van der Waals surface area contributed by atoms with Crippen LogP contribution in [0.1, 0.15) is 60.7 Å². The van der Waals surface area contributed by atoms with E-state index in [1.807, 2.05) is 6.92 Å². The van der Waals surface area contributed by atoms with E-state index in [-0.39, 0.29) is 60.5 Å². The Balaban J connectivity index is -0.0000000403. The monoisotopic (exact) mass is 1030 g/mol. The molecule has 0 aliphatic heterocycles. The fourth-order valence-electron chi connectivity index (χ4n) is 3.30. The number of nitrogens with one attached hydrogen (secondary N) is 1. The van der Waals surface area contributed by atoms with Crippen LogP contribution in [0.25, 0.3) is 36.9 Å². The van der Waals surface area contributed by atoms with Gasteiger partial charge in [-0.2, -0.15) is 91.1 Å². The van der Waals surface area contributed by atoms with Crippen LogP contribution in [0, 0.1) is 37.0 Å². The minimum absolute atomic E-state index is 0. The maximum absolute atomic E-state index is 4.88. The summed E-state index contributed by atoms with van der Waals surface area (Å²) in [5, 5.41) is 21.0. The van der Waals surface area contributed by atoms with Crippen LogP contribution < -0.4 is 4.98 Å². The Morgan fingerprint density at radius 1 is 0.660 bits per heavy atom. The van der Waals surface area contributed by atoms with Crippen molar-refractivity contribution in [3.05, 3.63) is 44.3 Å². The molecule has 1 N–H and O–H groups in total. The largest absolute Gasteiger partial charge is 4.00 e. The fraction of sp³-hybridized carbons (Fsp3) is 0.857. The second-order valence-corrected chi connectivity index (χ2v) is 20.2. The molecule has 1 fully saturated rings. The van der Waals surface area contributed by atoms with Crippen molar-refractivity contribution in [2.45, 2.75) is 97.6 Å². The van der Waals surface area contributed by atoms with Gasteiger partial charge in [0.1, 0.15) is 8.24 Å². The minimum atomic E-state index is -1.27. The van der Waals surface area contributed by atoms with Crippen LogP contribution in [-0.2, 0) is 51.7 Å². The molecule has 0 spiro atoms. The van der Waals surface area contributed by atoms with Crippen LogP contribution in [0.4, 0.5) is 0 Å². The zero-order chi connectivity index (χ0) is 36.1. The van der Waals surface area contributed by atoms with E-state index < -0.39 is 16.5 Å². The van der Waals surface area contributed by atoms with Crippen LogP contribution in [0.3, 0.4) is 0 Å². The zero-order valence-electron chi connectivity index (χ0n) is 35.3. The summed E-state index contributed by atoms with van der Waals surface area (Å²) in [6.07, 6.45) is 8.34. The third kappa shape index (κ3) is 106. The topological polar surface area (TPSA) is 111 Å².